The molecule has 0 bridgehead atoms. The van der Waals surface area contributed by atoms with Gasteiger partial charge in [0.25, 0.3) is 0 Å². The van der Waals surface area contributed by atoms with Crippen molar-refractivity contribution >= 4 is 61.5 Å². The normalized spacial score (nSPS) is 12.7. The molecule has 0 N–H and O–H groups in total. The summed E-state index contributed by atoms with van der Waals surface area (Å²) < 4.78 is 17.6. The Bertz CT molecular complexity index is 2080. The molecule has 39 heavy (non-hydrogen) atoms. The maximum absolute atomic E-state index is 8.82. The van der Waals surface area contributed by atoms with Gasteiger partial charge in [0, 0.05) is 17.1 Å². The van der Waals surface area contributed by atoms with Crippen LogP contribution in [-0.2, 0) is 0 Å². The van der Waals surface area contributed by atoms with Gasteiger partial charge in [-0.15, -0.1) is 0 Å². The van der Waals surface area contributed by atoms with Gasteiger partial charge in [-0.05, 0) is 92.0 Å². The topological polar surface area (TPSA) is 3.24 Å². The Morgan fingerprint density at radius 1 is 0.359 bits per heavy atom. The lowest BCUT2D eigenvalue weighted by Gasteiger charge is -2.26. The van der Waals surface area contributed by atoms with E-state index in [0.29, 0.717) is 0 Å². The van der Waals surface area contributed by atoms with Crippen molar-refractivity contribution in [2.75, 3.05) is 4.90 Å². The van der Waals surface area contributed by atoms with Crippen LogP contribution in [0.2, 0.25) is 0 Å². The molecule has 0 fully saturated rings. The Morgan fingerprint density at radius 3 is 1.38 bits per heavy atom. The summed E-state index contributed by atoms with van der Waals surface area (Å²) in [6.07, 6.45) is 0. The van der Waals surface area contributed by atoms with Crippen LogP contribution in [-0.4, -0.2) is 0 Å². The maximum Gasteiger partial charge on any atom is 0.0629 e. The minimum absolute atomic E-state index is 0.216. The molecular formula is C38H27N. The third-order valence-corrected chi connectivity index (χ3v) is 7.19. The summed E-state index contributed by atoms with van der Waals surface area (Å²) in [6, 6.07) is 52.3. The van der Waals surface area contributed by atoms with Crippen molar-refractivity contribution in [2.24, 2.45) is 0 Å². The molecule has 7 aromatic rings. The summed E-state index contributed by atoms with van der Waals surface area (Å²) in [6.45, 7) is 0. The molecule has 0 heterocycles. The van der Waals surface area contributed by atoms with Gasteiger partial charge in [0.2, 0.25) is 0 Å². The van der Waals surface area contributed by atoms with Gasteiger partial charge in [0.1, 0.15) is 0 Å². The predicted molar refractivity (Wildman–Crippen MR) is 169 cm³/mol. The second-order valence-corrected chi connectivity index (χ2v) is 9.76. The lowest BCUT2D eigenvalue weighted by atomic mass is 10.0. The van der Waals surface area contributed by atoms with E-state index < -0.39 is 0 Å². The number of hydrogen-bond acceptors (Lipinski definition) is 1. The van der Waals surface area contributed by atoms with Crippen LogP contribution in [0.1, 0.15) is 13.9 Å². The van der Waals surface area contributed by atoms with E-state index >= 15 is 0 Å². The molecule has 0 aliphatic heterocycles. The maximum atomic E-state index is 8.82. The summed E-state index contributed by atoms with van der Waals surface area (Å²) in [7, 11) is 0. The molecular weight excluding hydrogens is 470 g/mol. The van der Waals surface area contributed by atoms with Gasteiger partial charge in [0.15, 0.2) is 0 Å². The standard InChI is InChI=1S/C38H27N/c1-2-12-36(13-3-1)39(37-22-20-31-9-5-7-11-33(31)26-37)38-23-21-34-25-29(17-19-35(34)27-38)15-14-28-16-18-30-8-4-6-10-32(30)24-28/h1-27H/b15-14+/i14D,15D. The van der Waals surface area contributed by atoms with Gasteiger partial charge in [-0.3, -0.25) is 0 Å². The quantitative estimate of drug-likeness (QED) is 0.213. The van der Waals surface area contributed by atoms with Crippen LogP contribution in [0.4, 0.5) is 17.1 Å². The smallest absolute Gasteiger partial charge is 0.0629 e. The molecule has 1 nitrogen and oxygen atoms in total. The average molecular weight is 500 g/mol. The molecule has 184 valence electrons. The van der Waals surface area contributed by atoms with Crippen LogP contribution in [0.3, 0.4) is 0 Å². The van der Waals surface area contributed by atoms with Crippen molar-refractivity contribution in [3.8, 4) is 0 Å². The van der Waals surface area contributed by atoms with Crippen molar-refractivity contribution < 1.29 is 2.74 Å². The molecule has 0 atom stereocenters. The third kappa shape index (κ3) is 4.67. The van der Waals surface area contributed by atoms with Crippen LogP contribution in [0.15, 0.2) is 152 Å². The highest BCUT2D eigenvalue weighted by atomic mass is 15.1. The van der Waals surface area contributed by atoms with Gasteiger partial charge in [0.05, 0.1) is 2.74 Å². The molecule has 0 unspecified atom stereocenters. The Labute approximate surface area is 231 Å². The average Bonchev–Trinajstić information content (AvgIpc) is 3.04. The molecule has 1 heteroatoms. The van der Waals surface area contributed by atoms with E-state index in [9.17, 15) is 0 Å². The molecule has 0 amide bonds. The van der Waals surface area contributed by atoms with Crippen LogP contribution in [0, 0.1) is 0 Å². The summed E-state index contributed by atoms with van der Waals surface area (Å²) in [5.41, 5.74) is 4.72. The Balaban J connectivity index is 1.28. The number of hydrogen-bond donors (Lipinski definition) is 0. The zero-order valence-electron chi connectivity index (χ0n) is 23.4. The van der Waals surface area contributed by atoms with E-state index in [0.717, 1.165) is 49.7 Å². The first-order valence-electron chi connectivity index (χ1n) is 14.2. The number of anilines is 3. The van der Waals surface area contributed by atoms with E-state index in [-0.39, 0.29) is 12.1 Å². The van der Waals surface area contributed by atoms with E-state index in [1.165, 1.54) is 10.8 Å². The van der Waals surface area contributed by atoms with E-state index in [4.69, 9.17) is 2.74 Å². The summed E-state index contributed by atoms with van der Waals surface area (Å²) >= 11 is 0. The second kappa shape index (κ2) is 9.96. The molecule has 0 spiro atoms. The minimum Gasteiger partial charge on any atom is -0.310 e. The lowest BCUT2D eigenvalue weighted by molar-refractivity contribution is 1.29. The molecule has 7 rings (SSSR count). The summed E-state index contributed by atoms with van der Waals surface area (Å²) in [5, 5.41) is 6.73. The number of benzene rings is 7. The molecule has 7 aromatic carbocycles. The van der Waals surface area contributed by atoms with Gasteiger partial charge in [-0.2, -0.15) is 0 Å². The lowest BCUT2D eigenvalue weighted by Crippen LogP contribution is -2.09. The van der Waals surface area contributed by atoms with Gasteiger partial charge in [-0.1, -0.05) is 115 Å². The number of fused-ring (bicyclic) bond motifs is 3. The van der Waals surface area contributed by atoms with E-state index in [2.05, 4.69) is 102 Å². The fourth-order valence-corrected chi connectivity index (χ4v) is 5.20. The summed E-state index contributed by atoms with van der Waals surface area (Å²) in [4.78, 5) is 2.28. The molecule has 0 saturated heterocycles. The first-order valence-corrected chi connectivity index (χ1v) is 13.2. The second-order valence-electron chi connectivity index (χ2n) is 9.76. The molecule has 0 aliphatic rings. The monoisotopic (exact) mass is 499 g/mol. The highest BCUT2D eigenvalue weighted by molar-refractivity contribution is 5.93. The van der Waals surface area contributed by atoms with Gasteiger partial charge in [-0.25, -0.2) is 0 Å². The van der Waals surface area contributed by atoms with E-state index in [1.54, 1.807) is 0 Å². The van der Waals surface area contributed by atoms with Crippen LogP contribution >= 0.6 is 0 Å². The number of para-hydroxylation sites is 1. The Kier molecular flexibility index (Phi) is 5.33. The predicted octanol–water partition coefficient (Wildman–Crippen LogP) is 10.8. The van der Waals surface area contributed by atoms with Crippen molar-refractivity contribution in [1.82, 2.24) is 0 Å². The zero-order chi connectivity index (χ0) is 27.8. The van der Waals surface area contributed by atoms with Crippen LogP contribution in [0.25, 0.3) is 44.4 Å². The summed E-state index contributed by atoms with van der Waals surface area (Å²) in [5.74, 6) is 0. The first kappa shape index (κ1) is 20.9. The molecule has 0 aromatic heterocycles. The SMILES string of the molecule is [2H]/C(=C(/[2H])c1ccc2cc(N(c3ccccc3)c3ccc4ccccc4c3)ccc2c1)c1ccc2ccccc2c1. The fraction of sp³-hybridized carbons (Fsp3) is 0. The minimum atomic E-state index is 0.216. The molecule has 0 aliphatic carbocycles. The van der Waals surface area contributed by atoms with Crippen LogP contribution in [0.5, 0.6) is 0 Å². The largest absolute Gasteiger partial charge is 0.310 e. The van der Waals surface area contributed by atoms with Crippen molar-refractivity contribution in [1.29, 1.82) is 0 Å². The first-order chi connectivity index (χ1) is 20.1. The van der Waals surface area contributed by atoms with Crippen LogP contribution < -0.4 is 4.90 Å². The Morgan fingerprint density at radius 2 is 0.769 bits per heavy atom. The third-order valence-electron chi connectivity index (χ3n) is 7.19. The molecule has 0 saturated carbocycles. The van der Waals surface area contributed by atoms with E-state index in [1.807, 2.05) is 54.6 Å². The molecule has 0 radical (unpaired) electrons. The van der Waals surface area contributed by atoms with Gasteiger partial charge >= 0.3 is 0 Å². The Hall–Kier alpha value is -5.14. The number of nitrogens with zero attached hydrogens (tertiary/aromatic N) is 1. The van der Waals surface area contributed by atoms with Gasteiger partial charge < -0.3 is 4.90 Å². The van der Waals surface area contributed by atoms with Crippen molar-refractivity contribution in [3.63, 3.8) is 0 Å². The fourth-order valence-electron chi connectivity index (χ4n) is 5.20. The van der Waals surface area contributed by atoms with Crippen molar-refractivity contribution in [2.45, 2.75) is 0 Å². The van der Waals surface area contributed by atoms with Crippen molar-refractivity contribution in [3.05, 3.63) is 163 Å². The highest BCUT2D eigenvalue weighted by Crippen LogP contribution is 2.37. The number of rotatable bonds is 5. The highest BCUT2D eigenvalue weighted by Gasteiger charge is 2.13. The zero-order valence-corrected chi connectivity index (χ0v) is 21.4.